The third-order valence-electron chi connectivity index (χ3n) is 3.67. The van der Waals surface area contributed by atoms with Crippen LogP contribution in [0.4, 0.5) is 10.8 Å². The van der Waals surface area contributed by atoms with Crippen molar-refractivity contribution in [1.82, 2.24) is 4.98 Å². The van der Waals surface area contributed by atoms with Gasteiger partial charge in [-0.2, -0.15) is 0 Å². The fourth-order valence-electron chi connectivity index (χ4n) is 2.35. The molecule has 8 heteroatoms. The molecule has 3 rings (SSSR count). The Morgan fingerprint density at radius 3 is 2.78 bits per heavy atom. The number of hydrogen-bond acceptors (Lipinski definition) is 5. The maximum Gasteiger partial charge on any atom is 0.257 e. The van der Waals surface area contributed by atoms with Gasteiger partial charge in [0.15, 0.2) is 5.13 Å². The highest BCUT2D eigenvalue weighted by Gasteiger charge is 2.13. The van der Waals surface area contributed by atoms with Crippen LogP contribution in [0.15, 0.2) is 41.8 Å². The number of aromatic nitrogens is 1. The summed E-state index contributed by atoms with van der Waals surface area (Å²) in [6, 6.07) is 10.1. The van der Waals surface area contributed by atoms with Crippen molar-refractivity contribution in [1.29, 1.82) is 0 Å². The summed E-state index contributed by atoms with van der Waals surface area (Å²) in [6.07, 6.45) is 0.881. The average Bonchev–Trinajstić information content (AvgIpc) is 3.08. The second-order valence-corrected chi connectivity index (χ2v) is 7.42. The number of anilines is 2. The molecule has 3 N–H and O–H groups in total. The largest absolute Gasteiger partial charge is 0.491 e. The Kier molecular flexibility index (Phi) is 6.21. The Morgan fingerprint density at radius 1 is 1.26 bits per heavy atom. The third kappa shape index (κ3) is 4.71. The first-order chi connectivity index (χ1) is 13.0. The van der Waals surface area contributed by atoms with Gasteiger partial charge >= 0.3 is 0 Å². The number of thiazole rings is 1. The summed E-state index contributed by atoms with van der Waals surface area (Å²) in [6.45, 7) is 2.59. The first kappa shape index (κ1) is 19.5. The lowest BCUT2D eigenvalue weighted by Crippen LogP contribution is -2.12. The predicted octanol–water partition coefficient (Wildman–Crippen LogP) is 5.74. The maximum absolute atomic E-state index is 12.5. The van der Waals surface area contributed by atoms with Gasteiger partial charge in [-0.05, 0) is 42.8 Å². The van der Waals surface area contributed by atoms with Crippen LogP contribution in [0.1, 0.15) is 23.7 Å². The van der Waals surface area contributed by atoms with Crippen LogP contribution in [0.3, 0.4) is 0 Å². The lowest BCUT2D eigenvalue weighted by Gasteiger charge is -2.09. The first-order valence-electron chi connectivity index (χ1n) is 8.22. The van der Waals surface area contributed by atoms with Crippen LogP contribution in [0.2, 0.25) is 10.0 Å². The Balaban J connectivity index is 1.73. The van der Waals surface area contributed by atoms with Crippen LogP contribution in [0.5, 0.6) is 5.75 Å². The van der Waals surface area contributed by atoms with Crippen molar-refractivity contribution in [3.8, 4) is 17.0 Å². The normalized spacial score (nSPS) is 10.6. The molecule has 0 spiro atoms. The minimum absolute atomic E-state index is 0.299. The number of carbonyl (C=O) groups is 1. The van der Waals surface area contributed by atoms with Gasteiger partial charge in [-0.15, -0.1) is 11.3 Å². The molecule has 0 unspecified atom stereocenters. The van der Waals surface area contributed by atoms with Crippen molar-refractivity contribution in [3.05, 3.63) is 57.4 Å². The Morgan fingerprint density at radius 2 is 2.07 bits per heavy atom. The predicted molar refractivity (Wildman–Crippen MR) is 112 cm³/mol. The molecular weight excluding hydrogens is 405 g/mol. The van der Waals surface area contributed by atoms with E-state index in [1.807, 2.05) is 12.3 Å². The van der Waals surface area contributed by atoms with Crippen molar-refractivity contribution >= 4 is 51.3 Å². The summed E-state index contributed by atoms with van der Waals surface area (Å²) in [5, 5.41) is 6.11. The number of benzene rings is 2. The quantitative estimate of drug-likeness (QED) is 0.497. The summed E-state index contributed by atoms with van der Waals surface area (Å²) in [7, 11) is 0. The number of nitrogens with zero attached hydrogens (tertiary/aromatic N) is 1. The number of amides is 1. The highest BCUT2D eigenvalue weighted by molar-refractivity contribution is 7.14. The van der Waals surface area contributed by atoms with E-state index in [9.17, 15) is 4.79 Å². The van der Waals surface area contributed by atoms with E-state index in [-0.39, 0.29) is 5.91 Å². The Hall–Kier alpha value is -2.28. The smallest absolute Gasteiger partial charge is 0.257 e. The maximum atomic E-state index is 12.5. The molecule has 0 saturated heterocycles. The van der Waals surface area contributed by atoms with Crippen molar-refractivity contribution in [3.63, 3.8) is 0 Å². The fraction of sp³-hybridized carbons (Fsp3) is 0.158. The van der Waals surface area contributed by atoms with Crippen LogP contribution in [-0.2, 0) is 0 Å². The summed E-state index contributed by atoms with van der Waals surface area (Å²) < 4.78 is 5.52. The fourth-order valence-corrected chi connectivity index (χ4v) is 3.57. The molecule has 0 atom stereocenters. The lowest BCUT2D eigenvalue weighted by molar-refractivity contribution is 0.102. The number of carbonyl (C=O) groups excluding carboxylic acids is 1. The molecule has 1 heterocycles. The number of hydrogen-bond donors (Lipinski definition) is 2. The second-order valence-electron chi connectivity index (χ2n) is 5.72. The molecule has 27 heavy (non-hydrogen) atoms. The molecule has 0 saturated carbocycles. The number of halogens is 2. The van der Waals surface area contributed by atoms with Gasteiger partial charge in [0, 0.05) is 21.5 Å². The van der Waals surface area contributed by atoms with Crippen LogP contribution in [0, 0.1) is 0 Å². The molecule has 140 valence electrons. The van der Waals surface area contributed by atoms with Gasteiger partial charge in [0.2, 0.25) is 0 Å². The number of nitrogens with one attached hydrogen (secondary N) is 1. The van der Waals surface area contributed by atoms with E-state index in [1.165, 1.54) is 11.3 Å². The molecule has 0 aliphatic carbocycles. The summed E-state index contributed by atoms with van der Waals surface area (Å²) in [4.78, 5) is 16.9. The van der Waals surface area contributed by atoms with Gasteiger partial charge in [-0.1, -0.05) is 30.1 Å². The van der Waals surface area contributed by atoms with E-state index >= 15 is 0 Å². The minimum atomic E-state index is -0.299. The Bertz CT molecular complexity index is 975. The van der Waals surface area contributed by atoms with Crippen molar-refractivity contribution in [2.75, 3.05) is 17.7 Å². The van der Waals surface area contributed by atoms with E-state index in [2.05, 4.69) is 10.3 Å². The zero-order chi connectivity index (χ0) is 19.4. The SMILES string of the molecule is CCCOc1ccc(C(=O)Nc2nc(-c3ccc(Cl)cc3Cl)cs2)cc1N. The van der Waals surface area contributed by atoms with Gasteiger partial charge in [-0.3, -0.25) is 10.1 Å². The standard InChI is InChI=1S/C19H17Cl2N3O2S/c1-2-7-26-17-6-3-11(8-15(17)22)18(25)24-19-23-16(10-27-19)13-5-4-12(20)9-14(13)21/h3-6,8-10H,2,7,22H2,1H3,(H,23,24,25). The molecule has 0 aliphatic heterocycles. The number of nitrogens with two attached hydrogens (primary N) is 1. The highest BCUT2D eigenvalue weighted by Crippen LogP contribution is 2.32. The zero-order valence-electron chi connectivity index (χ0n) is 14.5. The van der Waals surface area contributed by atoms with Crippen molar-refractivity contribution in [2.45, 2.75) is 13.3 Å². The number of rotatable bonds is 6. The molecular formula is C19H17Cl2N3O2S. The lowest BCUT2D eigenvalue weighted by atomic mass is 10.2. The third-order valence-corrected chi connectivity index (χ3v) is 4.97. The molecule has 2 aromatic carbocycles. The topological polar surface area (TPSA) is 77.2 Å². The summed E-state index contributed by atoms with van der Waals surface area (Å²) in [5.41, 5.74) is 8.22. The molecule has 5 nitrogen and oxygen atoms in total. The molecule has 0 fully saturated rings. The van der Waals surface area contributed by atoms with Crippen molar-refractivity contribution < 1.29 is 9.53 Å². The molecule has 3 aromatic rings. The van der Waals surface area contributed by atoms with Crippen LogP contribution in [-0.4, -0.2) is 17.5 Å². The van der Waals surface area contributed by atoms with E-state index < -0.39 is 0 Å². The van der Waals surface area contributed by atoms with Gasteiger partial charge in [0.05, 0.1) is 23.0 Å². The van der Waals surface area contributed by atoms with Crippen LogP contribution >= 0.6 is 34.5 Å². The summed E-state index contributed by atoms with van der Waals surface area (Å²) >= 11 is 13.4. The monoisotopic (exact) mass is 421 g/mol. The molecule has 1 amide bonds. The van der Waals surface area contributed by atoms with E-state index in [1.54, 1.807) is 36.4 Å². The first-order valence-corrected chi connectivity index (χ1v) is 9.86. The van der Waals surface area contributed by atoms with Crippen LogP contribution in [0.25, 0.3) is 11.3 Å². The average molecular weight is 422 g/mol. The van der Waals surface area contributed by atoms with E-state index in [4.69, 9.17) is 33.7 Å². The van der Waals surface area contributed by atoms with E-state index in [0.29, 0.717) is 44.5 Å². The molecule has 0 bridgehead atoms. The van der Waals surface area contributed by atoms with Gasteiger partial charge in [-0.25, -0.2) is 4.98 Å². The number of ether oxygens (including phenoxy) is 1. The molecule has 1 aromatic heterocycles. The number of nitrogen functional groups attached to an aromatic ring is 1. The second kappa shape index (κ2) is 8.61. The minimum Gasteiger partial charge on any atom is -0.491 e. The highest BCUT2D eigenvalue weighted by atomic mass is 35.5. The Labute approximate surface area is 171 Å². The van der Waals surface area contributed by atoms with E-state index in [0.717, 1.165) is 12.0 Å². The zero-order valence-corrected chi connectivity index (χ0v) is 16.8. The molecule has 0 radical (unpaired) electrons. The van der Waals surface area contributed by atoms with Crippen molar-refractivity contribution in [2.24, 2.45) is 0 Å². The molecule has 0 aliphatic rings. The van der Waals surface area contributed by atoms with Gasteiger partial charge in [0.1, 0.15) is 5.75 Å². The van der Waals surface area contributed by atoms with Gasteiger partial charge in [0.25, 0.3) is 5.91 Å². The van der Waals surface area contributed by atoms with Crippen LogP contribution < -0.4 is 15.8 Å². The van der Waals surface area contributed by atoms with Gasteiger partial charge < -0.3 is 10.5 Å². The summed E-state index contributed by atoms with van der Waals surface area (Å²) in [5.74, 6) is 0.272.